The summed E-state index contributed by atoms with van der Waals surface area (Å²) in [6.07, 6.45) is 4.50. The Bertz CT molecular complexity index is 453. The van der Waals surface area contributed by atoms with Gasteiger partial charge in [-0.2, -0.15) is 11.8 Å². The lowest BCUT2D eigenvalue weighted by Crippen LogP contribution is -2.41. The first-order chi connectivity index (χ1) is 8.56. The number of hydrogen-bond acceptors (Lipinski definition) is 5. The molecule has 1 aliphatic rings. The second-order valence-corrected chi connectivity index (χ2v) is 7.40. The van der Waals surface area contributed by atoms with Gasteiger partial charge in [0.25, 0.3) is 0 Å². The van der Waals surface area contributed by atoms with Crippen LogP contribution in [0.25, 0.3) is 0 Å². The normalized spacial score (nSPS) is 19.8. The molecule has 2 heterocycles. The van der Waals surface area contributed by atoms with Crippen LogP contribution in [0.4, 0.5) is 0 Å². The van der Waals surface area contributed by atoms with Crippen LogP contribution in [-0.2, 0) is 10.0 Å². The molecule has 0 aliphatic carbocycles. The van der Waals surface area contributed by atoms with Gasteiger partial charge in [0.2, 0.25) is 10.0 Å². The predicted octanol–water partition coefficient (Wildman–Crippen LogP) is 0.919. The van der Waals surface area contributed by atoms with Gasteiger partial charge in [-0.15, -0.1) is 0 Å². The Morgan fingerprint density at radius 3 is 2.78 bits per heavy atom. The molecule has 0 spiro atoms. The van der Waals surface area contributed by atoms with Gasteiger partial charge >= 0.3 is 0 Å². The van der Waals surface area contributed by atoms with E-state index < -0.39 is 10.0 Å². The molecule has 1 aromatic rings. The minimum atomic E-state index is -3.16. The van der Waals surface area contributed by atoms with E-state index in [9.17, 15) is 8.42 Å². The van der Waals surface area contributed by atoms with Crippen molar-refractivity contribution in [2.75, 3.05) is 37.4 Å². The highest BCUT2D eigenvalue weighted by Crippen LogP contribution is 2.24. The lowest BCUT2D eigenvalue weighted by atomic mass is 10.1. The average Bonchev–Trinajstić information content (AvgIpc) is 2.83. The van der Waals surface area contributed by atoms with Crippen LogP contribution < -0.4 is 4.72 Å². The van der Waals surface area contributed by atoms with Crippen molar-refractivity contribution >= 4 is 21.8 Å². The van der Waals surface area contributed by atoms with Gasteiger partial charge in [-0.1, -0.05) is 0 Å². The molecular weight excluding hydrogens is 272 g/mol. The van der Waals surface area contributed by atoms with Gasteiger partial charge in [-0.05, 0) is 6.07 Å². The van der Waals surface area contributed by atoms with Gasteiger partial charge in [0.1, 0.15) is 0 Å². The van der Waals surface area contributed by atoms with E-state index in [2.05, 4.69) is 9.62 Å². The van der Waals surface area contributed by atoms with Crippen LogP contribution in [0.15, 0.2) is 23.0 Å². The van der Waals surface area contributed by atoms with Crippen LogP contribution in [0.2, 0.25) is 0 Å². The minimum absolute atomic E-state index is 0.0550. The SMILES string of the molecule is CS(=O)(=O)NCC(c1ccoc1)N1CCSCC1. The molecule has 1 aliphatic heterocycles. The van der Waals surface area contributed by atoms with Crippen molar-refractivity contribution in [2.45, 2.75) is 6.04 Å². The molecule has 0 saturated carbocycles. The van der Waals surface area contributed by atoms with E-state index in [1.54, 1.807) is 12.5 Å². The Kier molecular flexibility index (Phi) is 4.71. The van der Waals surface area contributed by atoms with E-state index in [-0.39, 0.29) is 6.04 Å². The van der Waals surface area contributed by atoms with Gasteiger partial charge in [-0.25, -0.2) is 13.1 Å². The summed E-state index contributed by atoms with van der Waals surface area (Å²) < 4.78 is 30.2. The molecule has 0 amide bonds. The van der Waals surface area contributed by atoms with E-state index in [0.717, 1.165) is 30.2 Å². The van der Waals surface area contributed by atoms with Crippen molar-refractivity contribution in [3.05, 3.63) is 24.2 Å². The molecule has 1 saturated heterocycles. The quantitative estimate of drug-likeness (QED) is 0.873. The lowest BCUT2D eigenvalue weighted by molar-refractivity contribution is 0.218. The van der Waals surface area contributed by atoms with Crippen LogP contribution in [0, 0.1) is 0 Å². The van der Waals surface area contributed by atoms with Crippen LogP contribution in [0.5, 0.6) is 0 Å². The highest BCUT2D eigenvalue weighted by molar-refractivity contribution is 7.99. The summed E-state index contributed by atoms with van der Waals surface area (Å²) in [5.41, 5.74) is 1.03. The summed E-state index contributed by atoms with van der Waals surface area (Å²) in [5, 5.41) is 0. The molecular formula is C11H18N2O3S2. The molecule has 7 heteroatoms. The second-order valence-electron chi connectivity index (χ2n) is 4.34. The number of thioether (sulfide) groups is 1. The molecule has 1 aromatic heterocycles. The number of hydrogen-bond donors (Lipinski definition) is 1. The number of nitrogens with one attached hydrogen (secondary N) is 1. The Hall–Kier alpha value is -0.500. The van der Waals surface area contributed by atoms with E-state index in [1.807, 2.05) is 17.8 Å². The summed E-state index contributed by atoms with van der Waals surface area (Å²) in [6, 6.07) is 1.95. The molecule has 5 nitrogen and oxygen atoms in total. The van der Waals surface area contributed by atoms with Crippen molar-refractivity contribution < 1.29 is 12.8 Å². The molecule has 2 rings (SSSR count). The summed E-state index contributed by atoms with van der Waals surface area (Å²) in [6.45, 7) is 2.35. The first kappa shape index (κ1) is 13.9. The standard InChI is InChI=1S/C11H18N2O3S2/c1-18(14,15)12-8-11(10-2-5-16-9-10)13-3-6-17-7-4-13/h2,5,9,11-12H,3-4,6-8H2,1H3. The zero-order chi connectivity index (χ0) is 13.0. The first-order valence-corrected chi connectivity index (χ1v) is 8.89. The van der Waals surface area contributed by atoms with Gasteiger partial charge in [0.05, 0.1) is 24.8 Å². The Morgan fingerprint density at radius 2 is 2.22 bits per heavy atom. The molecule has 0 aromatic carbocycles. The van der Waals surface area contributed by atoms with Gasteiger partial charge in [-0.3, -0.25) is 4.90 Å². The van der Waals surface area contributed by atoms with Crippen LogP contribution >= 0.6 is 11.8 Å². The summed E-state index contributed by atoms with van der Waals surface area (Å²) in [4.78, 5) is 2.31. The van der Waals surface area contributed by atoms with Gasteiger partial charge in [0.15, 0.2) is 0 Å². The second kappa shape index (κ2) is 6.10. The van der Waals surface area contributed by atoms with Gasteiger partial charge in [0, 0.05) is 36.7 Å². The lowest BCUT2D eigenvalue weighted by Gasteiger charge is -2.33. The topological polar surface area (TPSA) is 62.6 Å². The third-order valence-corrected chi connectivity index (χ3v) is 4.59. The smallest absolute Gasteiger partial charge is 0.208 e. The monoisotopic (exact) mass is 290 g/mol. The largest absolute Gasteiger partial charge is 0.472 e. The molecule has 0 radical (unpaired) electrons. The number of sulfonamides is 1. The van der Waals surface area contributed by atoms with Crippen LogP contribution in [0.3, 0.4) is 0 Å². The zero-order valence-corrected chi connectivity index (χ0v) is 12.0. The Morgan fingerprint density at radius 1 is 1.50 bits per heavy atom. The van der Waals surface area contributed by atoms with E-state index >= 15 is 0 Å². The fraction of sp³-hybridized carbons (Fsp3) is 0.636. The number of nitrogens with zero attached hydrogens (tertiary/aromatic N) is 1. The summed E-state index contributed by atoms with van der Waals surface area (Å²) >= 11 is 1.93. The molecule has 1 fully saturated rings. The molecule has 1 unspecified atom stereocenters. The zero-order valence-electron chi connectivity index (χ0n) is 10.3. The average molecular weight is 290 g/mol. The molecule has 1 N–H and O–H groups in total. The fourth-order valence-corrected chi connectivity index (χ4v) is 3.43. The van der Waals surface area contributed by atoms with Crippen molar-refractivity contribution in [1.82, 2.24) is 9.62 Å². The number of furan rings is 1. The van der Waals surface area contributed by atoms with Crippen molar-refractivity contribution in [3.8, 4) is 0 Å². The third kappa shape index (κ3) is 4.01. The maximum atomic E-state index is 11.2. The fourth-order valence-electron chi connectivity index (χ4n) is 2.04. The van der Waals surface area contributed by atoms with E-state index in [1.165, 1.54) is 6.26 Å². The summed E-state index contributed by atoms with van der Waals surface area (Å²) in [7, 11) is -3.16. The Labute approximate surface area is 112 Å². The van der Waals surface area contributed by atoms with E-state index in [0.29, 0.717) is 6.54 Å². The van der Waals surface area contributed by atoms with Crippen molar-refractivity contribution in [1.29, 1.82) is 0 Å². The summed E-state index contributed by atoms with van der Waals surface area (Å²) in [5.74, 6) is 2.18. The van der Waals surface area contributed by atoms with Gasteiger partial charge < -0.3 is 4.42 Å². The van der Waals surface area contributed by atoms with Crippen molar-refractivity contribution in [3.63, 3.8) is 0 Å². The predicted molar refractivity (Wildman–Crippen MR) is 73.2 cm³/mol. The highest BCUT2D eigenvalue weighted by atomic mass is 32.2. The molecule has 102 valence electrons. The van der Waals surface area contributed by atoms with Crippen molar-refractivity contribution in [2.24, 2.45) is 0 Å². The highest BCUT2D eigenvalue weighted by Gasteiger charge is 2.24. The maximum Gasteiger partial charge on any atom is 0.208 e. The third-order valence-electron chi connectivity index (χ3n) is 2.95. The number of rotatable bonds is 5. The first-order valence-electron chi connectivity index (χ1n) is 5.85. The minimum Gasteiger partial charge on any atom is -0.472 e. The van der Waals surface area contributed by atoms with Crippen LogP contribution in [0.1, 0.15) is 11.6 Å². The van der Waals surface area contributed by atoms with Crippen LogP contribution in [-0.4, -0.2) is 50.7 Å². The Balaban J connectivity index is 2.07. The molecule has 0 bridgehead atoms. The molecule has 18 heavy (non-hydrogen) atoms. The molecule has 1 atom stereocenters. The maximum absolute atomic E-state index is 11.2. The van der Waals surface area contributed by atoms with E-state index in [4.69, 9.17) is 4.42 Å².